The van der Waals surface area contributed by atoms with Crippen molar-refractivity contribution in [3.05, 3.63) is 77.3 Å². The molecule has 0 aliphatic heterocycles. The lowest BCUT2D eigenvalue weighted by Gasteiger charge is -2.25. The molecule has 3 aromatic rings. The number of rotatable bonds is 8. The molecule has 0 spiro atoms. The Bertz CT molecular complexity index is 1220. The summed E-state index contributed by atoms with van der Waals surface area (Å²) in [5.74, 6) is 0.100. The number of para-hydroxylation sites is 1. The number of hydrogen-bond acceptors (Lipinski definition) is 5. The quantitative estimate of drug-likeness (QED) is 0.519. The van der Waals surface area contributed by atoms with E-state index in [0.717, 1.165) is 4.31 Å². The third kappa shape index (κ3) is 4.98. The maximum absolute atomic E-state index is 13.4. The fraction of sp³-hybridized carbons (Fsp3) is 0.174. The minimum Gasteiger partial charge on any atom is -0.495 e. The third-order valence-corrected chi connectivity index (χ3v) is 6.82. The van der Waals surface area contributed by atoms with Gasteiger partial charge in [0.05, 0.1) is 35.5 Å². The van der Waals surface area contributed by atoms with Gasteiger partial charge in [0, 0.05) is 12.1 Å². The molecule has 0 unspecified atom stereocenters. The zero-order valence-corrected chi connectivity index (χ0v) is 19.4. The van der Waals surface area contributed by atoms with E-state index in [9.17, 15) is 13.2 Å². The van der Waals surface area contributed by atoms with Gasteiger partial charge in [0.25, 0.3) is 10.0 Å². The van der Waals surface area contributed by atoms with Gasteiger partial charge in [0.2, 0.25) is 5.91 Å². The predicted octanol–water partition coefficient (Wildman–Crippen LogP) is 4.50. The maximum atomic E-state index is 13.4. The van der Waals surface area contributed by atoms with E-state index < -0.39 is 22.5 Å². The van der Waals surface area contributed by atoms with E-state index in [4.69, 9.17) is 21.1 Å². The second kappa shape index (κ2) is 9.93. The molecule has 0 radical (unpaired) electrons. The van der Waals surface area contributed by atoms with Crippen molar-refractivity contribution >= 4 is 38.9 Å². The number of benzene rings is 3. The molecule has 32 heavy (non-hydrogen) atoms. The summed E-state index contributed by atoms with van der Waals surface area (Å²) in [5, 5.41) is 3.01. The van der Waals surface area contributed by atoms with Crippen LogP contribution in [0.25, 0.3) is 0 Å². The Hall–Kier alpha value is -3.23. The Labute approximate surface area is 192 Å². The van der Waals surface area contributed by atoms with Crippen LogP contribution in [0.15, 0.2) is 71.6 Å². The minimum absolute atomic E-state index is 0.0850. The number of nitrogens with zero attached hydrogens (tertiary/aromatic N) is 1. The number of sulfonamides is 1. The molecule has 3 rings (SSSR count). The Balaban J connectivity index is 1.98. The minimum atomic E-state index is -4.00. The van der Waals surface area contributed by atoms with Gasteiger partial charge in [0.1, 0.15) is 18.0 Å². The standard InChI is InChI=1S/C23H23ClN2O5S/c1-16-9-7-8-12-20(16)26(32(28,29)17-10-5-4-6-11-17)15-23(27)25-19-14-21(30-2)18(24)13-22(19)31-3/h4-14H,15H2,1-3H3,(H,25,27). The first-order valence-electron chi connectivity index (χ1n) is 9.62. The molecule has 1 amide bonds. The lowest BCUT2D eigenvalue weighted by Crippen LogP contribution is -2.38. The van der Waals surface area contributed by atoms with Crippen LogP contribution in [0.1, 0.15) is 5.56 Å². The molecule has 0 saturated heterocycles. The first-order chi connectivity index (χ1) is 15.3. The highest BCUT2D eigenvalue weighted by atomic mass is 35.5. The molecule has 0 atom stereocenters. The second-order valence-electron chi connectivity index (χ2n) is 6.85. The number of aryl methyl sites for hydroxylation is 1. The van der Waals surface area contributed by atoms with Gasteiger partial charge in [-0.25, -0.2) is 8.42 Å². The summed E-state index contributed by atoms with van der Waals surface area (Å²) in [5.41, 5.74) is 1.43. The molecule has 0 aromatic heterocycles. The summed E-state index contributed by atoms with van der Waals surface area (Å²) in [6.07, 6.45) is 0. The Morgan fingerprint density at radius 3 is 2.22 bits per heavy atom. The highest BCUT2D eigenvalue weighted by Crippen LogP contribution is 2.36. The van der Waals surface area contributed by atoms with Crippen LogP contribution in [0.2, 0.25) is 5.02 Å². The summed E-state index contributed by atoms with van der Waals surface area (Å²) in [7, 11) is -1.12. The highest BCUT2D eigenvalue weighted by Gasteiger charge is 2.28. The van der Waals surface area contributed by atoms with E-state index in [1.165, 1.54) is 38.5 Å². The van der Waals surface area contributed by atoms with Gasteiger partial charge < -0.3 is 14.8 Å². The first-order valence-corrected chi connectivity index (χ1v) is 11.4. The topological polar surface area (TPSA) is 84.9 Å². The van der Waals surface area contributed by atoms with E-state index in [-0.39, 0.29) is 4.90 Å². The van der Waals surface area contributed by atoms with Gasteiger partial charge in [0.15, 0.2) is 0 Å². The molecule has 0 aliphatic rings. The van der Waals surface area contributed by atoms with Crippen LogP contribution in [-0.4, -0.2) is 35.1 Å². The Morgan fingerprint density at radius 2 is 1.59 bits per heavy atom. The molecule has 7 nitrogen and oxygen atoms in total. The van der Waals surface area contributed by atoms with Crippen molar-refractivity contribution in [3.8, 4) is 11.5 Å². The zero-order valence-electron chi connectivity index (χ0n) is 17.8. The van der Waals surface area contributed by atoms with Gasteiger partial charge in [-0.05, 0) is 30.7 Å². The molecular weight excluding hydrogens is 452 g/mol. The monoisotopic (exact) mass is 474 g/mol. The molecule has 0 fully saturated rings. The fourth-order valence-corrected chi connectivity index (χ4v) is 4.88. The van der Waals surface area contributed by atoms with Crippen molar-refractivity contribution in [2.24, 2.45) is 0 Å². The molecule has 0 aliphatic carbocycles. The van der Waals surface area contributed by atoms with Gasteiger partial charge in [-0.3, -0.25) is 9.10 Å². The Kier molecular flexibility index (Phi) is 7.27. The number of nitrogens with one attached hydrogen (secondary N) is 1. The number of anilines is 2. The fourth-order valence-electron chi connectivity index (χ4n) is 3.14. The normalized spacial score (nSPS) is 11.0. The number of ether oxygens (including phenoxy) is 2. The molecule has 9 heteroatoms. The lowest BCUT2D eigenvalue weighted by molar-refractivity contribution is -0.114. The molecule has 0 heterocycles. The third-order valence-electron chi connectivity index (χ3n) is 4.75. The predicted molar refractivity (Wildman–Crippen MR) is 125 cm³/mol. The SMILES string of the molecule is COc1cc(NC(=O)CN(c2ccccc2C)S(=O)(=O)c2ccccc2)c(OC)cc1Cl. The molecule has 3 aromatic carbocycles. The van der Waals surface area contributed by atoms with Crippen LogP contribution < -0.4 is 19.1 Å². The van der Waals surface area contributed by atoms with Crippen LogP contribution in [0, 0.1) is 6.92 Å². The lowest BCUT2D eigenvalue weighted by atomic mass is 10.2. The molecule has 0 saturated carbocycles. The van der Waals surface area contributed by atoms with Gasteiger partial charge in [-0.2, -0.15) is 0 Å². The summed E-state index contributed by atoms with van der Waals surface area (Å²) < 4.78 is 38.4. The van der Waals surface area contributed by atoms with Gasteiger partial charge in [-0.1, -0.05) is 48.0 Å². The van der Waals surface area contributed by atoms with E-state index in [0.29, 0.717) is 33.5 Å². The number of carbonyl (C=O) groups excluding carboxylic acids is 1. The molecular formula is C23H23ClN2O5S. The summed E-state index contributed by atoms with van der Waals surface area (Å²) in [6.45, 7) is 1.34. The van der Waals surface area contributed by atoms with Crippen molar-refractivity contribution in [1.82, 2.24) is 0 Å². The Morgan fingerprint density at radius 1 is 0.969 bits per heavy atom. The largest absolute Gasteiger partial charge is 0.495 e. The molecule has 1 N–H and O–H groups in total. The van der Waals surface area contributed by atoms with E-state index in [1.807, 2.05) is 0 Å². The molecule has 0 bridgehead atoms. The highest BCUT2D eigenvalue weighted by molar-refractivity contribution is 7.92. The van der Waals surface area contributed by atoms with Crippen LogP contribution in [0.5, 0.6) is 11.5 Å². The average molecular weight is 475 g/mol. The van der Waals surface area contributed by atoms with Crippen molar-refractivity contribution in [2.45, 2.75) is 11.8 Å². The summed E-state index contributed by atoms with van der Waals surface area (Å²) in [4.78, 5) is 13.1. The van der Waals surface area contributed by atoms with Crippen LogP contribution in [0.3, 0.4) is 0 Å². The summed E-state index contributed by atoms with van der Waals surface area (Å²) in [6, 6.07) is 18.0. The maximum Gasteiger partial charge on any atom is 0.264 e. The number of amides is 1. The van der Waals surface area contributed by atoms with Crippen molar-refractivity contribution in [2.75, 3.05) is 30.4 Å². The van der Waals surface area contributed by atoms with Crippen molar-refractivity contribution < 1.29 is 22.7 Å². The van der Waals surface area contributed by atoms with Crippen molar-refractivity contribution in [3.63, 3.8) is 0 Å². The van der Waals surface area contributed by atoms with Crippen LogP contribution >= 0.6 is 11.6 Å². The van der Waals surface area contributed by atoms with E-state index >= 15 is 0 Å². The first kappa shape index (κ1) is 23.4. The van der Waals surface area contributed by atoms with Crippen molar-refractivity contribution in [1.29, 1.82) is 0 Å². The molecule has 168 valence electrons. The average Bonchev–Trinajstić information content (AvgIpc) is 2.79. The van der Waals surface area contributed by atoms with Gasteiger partial charge >= 0.3 is 0 Å². The number of methoxy groups -OCH3 is 2. The van der Waals surface area contributed by atoms with E-state index in [2.05, 4.69) is 5.32 Å². The van der Waals surface area contributed by atoms with Gasteiger partial charge in [-0.15, -0.1) is 0 Å². The second-order valence-corrected chi connectivity index (χ2v) is 9.12. The number of hydrogen-bond donors (Lipinski definition) is 1. The van der Waals surface area contributed by atoms with Crippen LogP contribution in [-0.2, 0) is 14.8 Å². The summed E-state index contributed by atoms with van der Waals surface area (Å²) >= 11 is 6.12. The smallest absolute Gasteiger partial charge is 0.264 e. The zero-order chi connectivity index (χ0) is 23.3. The van der Waals surface area contributed by atoms with E-state index in [1.54, 1.807) is 49.4 Å². The number of halogens is 1. The number of carbonyl (C=O) groups is 1. The van der Waals surface area contributed by atoms with Crippen LogP contribution in [0.4, 0.5) is 11.4 Å².